The minimum atomic E-state index is -0.0409. The van der Waals surface area contributed by atoms with Crippen LogP contribution in [-0.4, -0.2) is 36.9 Å². The second-order valence-electron chi connectivity index (χ2n) is 6.15. The van der Waals surface area contributed by atoms with E-state index in [0.29, 0.717) is 18.5 Å². The van der Waals surface area contributed by atoms with Crippen molar-refractivity contribution in [3.8, 4) is 11.3 Å². The van der Waals surface area contributed by atoms with Gasteiger partial charge in [-0.05, 0) is 29.3 Å². The number of para-hydroxylation sites is 1. The van der Waals surface area contributed by atoms with E-state index in [1.807, 2.05) is 47.5 Å². The molecule has 1 aliphatic rings. The number of H-pyrrole nitrogens is 1. The molecule has 0 aliphatic carbocycles. The zero-order valence-electron chi connectivity index (χ0n) is 14.1. The third-order valence-corrected chi connectivity index (χ3v) is 4.59. The molecule has 2 aromatic carbocycles. The molecule has 1 aliphatic heterocycles. The van der Waals surface area contributed by atoms with Gasteiger partial charge in [0.25, 0.3) is 0 Å². The molecule has 5 nitrogen and oxygen atoms in total. The number of hydrogen-bond acceptors (Lipinski definition) is 4. The average molecular weight is 336 g/mol. The summed E-state index contributed by atoms with van der Waals surface area (Å²) in [6, 6.07) is 17.3. The van der Waals surface area contributed by atoms with Crippen molar-refractivity contribution in [1.29, 1.82) is 0 Å². The quantitative estimate of drug-likeness (QED) is 0.798. The zero-order chi connectivity index (χ0) is 17.2. The molecule has 1 N–H and O–H groups in total. The molecular weight excluding hydrogens is 316 g/mol. The lowest BCUT2D eigenvalue weighted by atomic mass is 10.0. The van der Waals surface area contributed by atoms with Crippen molar-refractivity contribution in [2.75, 3.05) is 26.8 Å². The Hall–Kier alpha value is -2.47. The van der Waals surface area contributed by atoms with Crippen LogP contribution in [0.1, 0.15) is 11.7 Å². The van der Waals surface area contributed by atoms with E-state index < -0.39 is 0 Å². The van der Waals surface area contributed by atoms with Crippen molar-refractivity contribution in [2.45, 2.75) is 6.10 Å². The summed E-state index contributed by atoms with van der Waals surface area (Å²) in [5, 5.41) is 2.60. The van der Waals surface area contributed by atoms with Gasteiger partial charge in [-0.2, -0.15) is 5.06 Å². The Balaban J connectivity index is 1.71. The van der Waals surface area contributed by atoms with Crippen LogP contribution in [0.15, 0.2) is 59.4 Å². The van der Waals surface area contributed by atoms with Crippen molar-refractivity contribution in [3.63, 3.8) is 0 Å². The highest BCUT2D eigenvalue weighted by Gasteiger charge is 2.22. The Kier molecular flexibility index (Phi) is 4.36. The molecule has 0 radical (unpaired) electrons. The van der Waals surface area contributed by atoms with Gasteiger partial charge in [-0.25, -0.2) is 0 Å². The second-order valence-corrected chi connectivity index (χ2v) is 6.15. The number of nitrogens with zero attached hydrogens (tertiary/aromatic N) is 1. The summed E-state index contributed by atoms with van der Waals surface area (Å²) < 4.78 is 5.89. The first-order chi connectivity index (χ1) is 12.2. The molecule has 25 heavy (non-hydrogen) atoms. The highest BCUT2D eigenvalue weighted by atomic mass is 16.7. The molecule has 1 fully saturated rings. The number of fused-ring (bicyclic) bond motifs is 1. The minimum absolute atomic E-state index is 0.0224. The molecule has 0 amide bonds. The number of pyridine rings is 1. The van der Waals surface area contributed by atoms with E-state index >= 15 is 0 Å². The van der Waals surface area contributed by atoms with Gasteiger partial charge in [0, 0.05) is 29.2 Å². The summed E-state index contributed by atoms with van der Waals surface area (Å²) in [5.74, 6) is 0. The second kappa shape index (κ2) is 6.80. The van der Waals surface area contributed by atoms with Gasteiger partial charge in [0.05, 0.1) is 26.4 Å². The average Bonchev–Trinajstić information content (AvgIpc) is 2.68. The minimum Gasteiger partial charge on any atom is -0.371 e. The van der Waals surface area contributed by atoms with Crippen LogP contribution in [0.25, 0.3) is 22.2 Å². The Labute approximate surface area is 145 Å². The van der Waals surface area contributed by atoms with E-state index in [9.17, 15) is 4.79 Å². The molecule has 0 bridgehead atoms. The van der Waals surface area contributed by atoms with Crippen molar-refractivity contribution in [2.24, 2.45) is 0 Å². The van der Waals surface area contributed by atoms with Gasteiger partial charge in [-0.3, -0.25) is 4.79 Å². The maximum Gasteiger partial charge on any atom is 0.190 e. The SMILES string of the molecule is CON1CCOC(c2cccc(-c3cc(=O)c4ccccc4[nH]3)c2)C1. The van der Waals surface area contributed by atoms with E-state index in [0.717, 1.165) is 28.9 Å². The monoisotopic (exact) mass is 336 g/mol. The molecular formula is C20H20N2O3. The van der Waals surface area contributed by atoms with Gasteiger partial charge in [0.2, 0.25) is 0 Å². The standard InChI is InChI=1S/C20H20N2O3/c1-24-22-9-10-25-20(13-22)15-6-4-5-14(11-15)18-12-19(23)16-7-2-3-8-17(16)21-18/h2-8,11-12,20H,9-10,13H2,1H3,(H,21,23). The van der Waals surface area contributed by atoms with Crippen LogP contribution in [0.3, 0.4) is 0 Å². The molecule has 3 aromatic rings. The van der Waals surface area contributed by atoms with Crippen molar-refractivity contribution in [1.82, 2.24) is 10.0 Å². The molecule has 1 atom stereocenters. The fraction of sp³-hybridized carbons (Fsp3) is 0.250. The first-order valence-corrected chi connectivity index (χ1v) is 8.37. The fourth-order valence-electron chi connectivity index (χ4n) is 3.25. The predicted molar refractivity (Wildman–Crippen MR) is 97.3 cm³/mol. The van der Waals surface area contributed by atoms with Crippen LogP contribution in [0.2, 0.25) is 0 Å². The molecule has 1 unspecified atom stereocenters. The molecule has 5 heteroatoms. The van der Waals surface area contributed by atoms with Gasteiger partial charge < -0.3 is 14.6 Å². The van der Waals surface area contributed by atoms with Crippen LogP contribution in [0.5, 0.6) is 0 Å². The number of hydrogen-bond donors (Lipinski definition) is 1. The lowest BCUT2D eigenvalue weighted by Crippen LogP contribution is -2.37. The van der Waals surface area contributed by atoms with E-state index in [1.54, 1.807) is 13.2 Å². The Bertz CT molecular complexity index is 951. The first kappa shape index (κ1) is 16.0. The number of hydroxylamine groups is 2. The van der Waals surface area contributed by atoms with Crippen LogP contribution in [-0.2, 0) is 9.57 Å². The zero-order valence-corrected chi connectivity index (χ0v) is 14.1. The van der Waals surface area contributed by atoms with Crippen LogP contribution in [0.4, 0.5) is 0 Å². The van der Waals surface area contributed by atoms with Crippen LogP contribution >= 0.6 is 0 Å². The van der Waals surface area contributed by atoms with Crippen LogP contribution < -0.4 is 5.43 Å². The lowest BCUT2D eigenvalue weighted by molar-refractivity contribution is -0.194. The van der Waals surface area contributed by atoms with Gasteiger partial charge in [0.1, 0.15) is 0 Å². The topological polar surface area (TPSA) is 54.6 Å². The predicted octanol–water partition coefficient (Wildman–Crippen LogP) is 3.13. The molecule has 0 spiro atoms. The van der Waals surface area contributed by atoms with Gasteiger partial charge >= 0.3 is 0 Å². The summed E-state index contributed by atoms with van der Waals surface area (Å²) in [6.07, 6.45) is -0.0409. The molecule has 2 heterocycles. The van der Waals surface area contributed by atoms with Crippen molar-refractivity contribution < 1.29 is 9.57 Å². The van der Waals surface area contributed by atoms with Crippen LogP contribution in [0, 0.1) is 0 Å². The molecule has 1 saturated heterocycles. The van der Waals surface area contributed by atoms with E-state index in [1.165, 1.54) is 0 Å². The number of nitrogens with one attached hydrogen (secondary N) is 1. The Morgan fingerprint density at radius 2 is 2.04 bits per heavy atom. The highest BCUT2D eigenvalue weighted by Crippen LogP contribution is 2.26. The third-order valence-electron chi connectivity index (χ3n) is 4.59. The van der Waals surface area contributed by atoms with Gasteiger partial charge in [0.15, 0.2) is 5.43 Å². The van der Waals surface area contributed by atoms with Gasteiger partial charge in [-0.15, -0.1) is 0 Å². The van der Waals surface area contributed by atoms with E-state index in [2.05, 4.69) is 11.1 Å². The number of ether oxygens (including phenoxy) is 1. The Morgan fingerprint density at radius 3 is 2.92 bits per heavy atom. The molecule has 128 valence electrons. The summed E-state index contributed by atoms with van der Waals surface area (Å²) in [4.78, 5) is 21.1. The lowest BCUT2D eigenvalue weighted by Gasteiger charge is -2.31. The molecule has 0 saturated carbocycles. The van der Waals surface area contributed by atoms with E-state index in [-0.39, 0.29) is 11.5 Å². The number of aromatic amines is 1. The largest absolute Gasteiger partial charge is 0.371 e. The maximum atomic E-state index is 12.4. The number of rotatable bonds is 3. The highest BCUT2D eigenvalue weighted by molar-refractivity contribution is 5.81. The molecule has 1 aromatic heterocycles. The normalized spacial score (nSPS) is 18.5. The molecule has 4 rings (SSSR count). The summed E-state index contributed by atoms with van der Waals surface area (Å²) in [5.41, 5.74) is 3.72. The number of aromatic nitrogens is 1. The summed E-state index contributed by atoms with van der Waals surface area (Å²) in [7, 11) is 1.68. The van der Waals surface area contributed by atoms with E-state index in [4.69, 9.17) is 9.57 Å². The smallest absolute Gasteiger partial charge is 0.190 e. The number of morpholine rings is 1. The summed E-state index contributed by atoms with van der Waals surface area (Å²) in [6.45, 7) is 2.09. The number of benzene rings is 2. The third kappa shape index (κ3) is 3.22. The van der Waals surface area contributed by atoms with Crippen molar-refractivity contribution in [3.05, 3.63) is 70.4 Å². The van der Waals surface area contributed by atoms with Crippen molar-refractivity contribution >= 4 is 10.9 Å². The Morgan fingerprint density at radius 1 is 1.16 bits per heavy atom. The summed E-state index contributed by atoms with van der Waals surface area (Å²) >= 11 is 0. The maximum absolute atomic E-state index is 12.4. The van der Waals surface area contributed by atoms with Gasteiger partial charge in [-0.1, -0.05) is 30.3 Å². The first-order valence-electron chi connectivity index (χ1n) is 8.37. The fourth-order valence-corrected chi connectivity index (χ4v) is 3.25.